The van der Waals surface area contributed by atoms with E-state index in [-0.39, 0.29) is 20.3 Å². The van der Waals surface area contributed by atoms with Crippen LogP contribution in [0.2, 0.25) is 0 Å². The van der Waals surface area contributed by atoms with Gasteiger partial charge in [0.15, 0.2) is 0 Å². The first kappa shape index (κ1) is 20.3. The zero-order chi connectivity index (χ0) is 19.0. The Balaban J connectivity index is 2.42. The van der Waals surface area contributed by atoms with Crippen LogP contribution in [-0.4, -0.2) is 9.52 Å². The van der Waals surface area contributed by atoms with Crippen LogP contribution in [0.5, 0.6) is 0 Å². The minimum absolute atomic E-state index is 0.119. The normalized spacial score (nSPS) is 13.0. The molecule has 0 fully saturated rings. The molecule has 0 aliphatic carbocycles. The molecule has 136 valence electrons. The van der Waals surface area contributed by atoms with Gasteiger partial charge >= 0.3 is 0 Å². The van der Waals surface area contributed by atoms with Crippen LogP contribution < -0.4 is 5.19 Å². The molecule has 0 heterocycles. The van der Waals surface area contributed by atoms with Gasteiger partial charge in [-0.1, -0.05) is 82.6 Å². The Morgan fingerprint density at radius 1 is 0.880 bits per heavy atom. The summed E-state index contributed by atoms with van der Waals surface area (Å²) in [5, 5.41) is 1.60. The highest BCUT2D eigenvalue weighted by Gasteiger charge is 2.25. The summed E-state index contributed by atoms with van der Waals surface area (Å²) in [4.78, 5) is 1.18. The minimum atomic E-state index is -0.317. The lowest BCUT2D eigenvalue weighted by Crippen LogP contribution is -2.23. The maximum Gasteiger partial charge on any atom is 0.0594 e. The molecule has 0 aliphatic rings. The van der Waals surface area contributed by atoms with Gasteiger partial charge in [0, 0.05) is 4.90 Å². The van der Waals surface area contributed by atoms with E-state index in [1.165, 1.54) is 38.8 Å². The molecule has 0 saturated carbocycles. The van der Waals surface area contributed by atoms with Gasteiger partial charge in [0.2, 0.25) is 0 Å². The van der Waals surface area contributed by atoms with E-state index in [4.69, 9.17) is 12.6 Å². The highest BCUT2D eigenvalue weighted by Crippen LogP contribution is 2.37. The Morgan fingerprint density at radius 2 is 1.40 bits per heavy atom. The second-order valence-corrected chi connectivity index (χ2v) is 11.6. The Morgan fingerprint density at radius 3 is 1.88 bits per heavy atom. The Bertz CT molecular complexity index is 726. The largest absolute Gasteiger partial charge is 0.143 e. The molecule has 0 aliphatic heterocycles. The fourth-order valence-corrected chi connectivity index (χ4v) is 5.95. The van der Waals surface area contributed by atoms with Crippen LogP contribution in [0.1, 0.15) is 69.4 Å². The molecule has 0 aromatic heterocycles. The average molecular weight is 371 g/mol. The summed E-state index contributed by atoms with van der Waals surface area (Å²) in [5.41, 5.74) is 7.40. The molecular formula is C23H34SSi. The van der Waals surface area contributed by atoms with E-state index in [2.05, 4.69) is 85.7 Å². The van der Waals surface area contributed by atoms with Crippen molar-refractivity contribution in [3.63, 3.8) is 0 Å². The lowest BCUT2D eigenvalue weighted by Gasteiger charge is -2.29. The number of hydrogen-bond acceptors (Lipinski definition) is 1. The van der Waals surface area contributed by atoms with E-state index < -0.39 is 0 Å². The SMILES string of the molecule is Cc1cccc([SiH2]Cc2cc(C(C)(C)C)c(S)c(C(C)(C)C)c2)c1C. The van der Waals surface area contributed by atoms with Crippen molar-refractivity contribution in [2.45, 2.75) is 77.2 Å². The van der Waals surface area contributed by atoms with E-state index >= 15 is 0 Å². The highest BCUT2D eigenvalue weighted by molar-refractivity contribution is 7.80. The minimum Gasteiger partial charge on any atom is -0.143 e. The summed E-state index contributed by atoms with van der Waals surface area (Å²) in [6.07, 6.45) is 0. The molecule has 2 heteroatoms. The molecule has 0 bridgehead atoms. The molecule has 0 nitrogen and oxygen atoms in total. The smallest absolute Gasteiger partial charge is 0.0594 e. The van der Waals surface area contributed by atoms with Crippen LogP contribution >= 0.6 is 12.6 Å². The summed E-state index contributed by atoms with van der Waals surface area (Å²) in [7, 11) is -0.317. The Labute approximate surface area is 162 Å². The molecule has 2 rings (SSSR count). The Hall–Kier alpha value is -0.993. The number of aryl methyl sites for hydroxylation is 1. The lowest BCUT2D eigenvalue weighted by molar-refractivity contribution is 0.546. The third-order valence-corrected chi connectivity index (χ3v) is 7.80. The van der Waals surface area contributed by atoms with E-state index in [9.17, 15) is 0 Å². The Kier molecular flexibility index (Phi) is 5.95. The van der Waals surface area contributed by atoms with Crippen molar-refractivity contribution in [2.24, 2.45) is 0 Å². The topological polar surface area (TPSA) is 0 Å². The number of thiol groups is 1. The summed E-state index contributed by atoms with van der Waals surface area (Å²) in [5.74, 6) is 0. The van der Waals surface area contributed by atoms with E-state index in [1.807, 2.05) is 0 Å². The van der Waals surface area contributed by atoms with Gasteiger partial charge < -0.3 is 0 Å². The van der Waals surface area contributed by atoms with Crippen molar-refractivity contribution in [3.05, 3.63) is 58.1 Å². The van der Waals surface area contributed by atoms with E-state index in [0.717, 1.165) is 0 Å². The fraction of sp³-hybridized carbons (Fsp3) is 0.478. The summed E-state index contributed by atoms with van der Waals surface area (Å²) in [6.45, 7) is 18.2. The number of hydrogen-bond donors (Lipinski definition) is 1. The maximum absolute atomic E-state index is 4.92. The van der Waals surface area contributed by atoms with Gasteiger partial charge in [-0.3, -0.25) is 0 Å². The predicted octanol–water partition coefficient (Wildman–Crippen LogP) is 5.18. The van der Waals surface area contributed by atoms with Crippen molar-refractivity contribution in [3.8, 4) is 0 Å². The van der Waals surface area contributed by atoms with Crippen LogP contribution in [0.25, 0.3) is 0 Å². The van der Waals surface area contributed by atoms with Crippen molar-refractivity contribution in [2.75, 3.05) is 0 Å². The first-order valence-electron chi connectivity index (χ1n) is 9.33. The molecule has 0 atom stereocenters. The third kappa shape index (κ3) is 4.80. The molecule has 0 unspecified atom stereocenters. The third-order valence-electron chi connectivity index (χ3n) is 5.19. The zero-order valence-electron chi connectivity index (χ0n) is 17.2. The molecule has 0 saturated heterocycles. The summed E-state index contributed by atoms with van der Waals surface area (Å²) >= 11 is 4.92. The number of benzene rings is 2. The molecule has 0 N–H and O–H groups in total. The second kappa shape index (κ2) is 7.32. The average Bonchev–Trinajstić information content (AvgIpc) is 2.47. The fourth-order valence-electron chi connectivity index (χ4n) is 3.34. The summed E-state index contributed by atoms with van der Waals surface area (Å²) in [6, 6.07) is 12.8. The van der Waals surface area contributed by atoms with Crippen molar-refractivity contribution >= 4 is 27.3 Å². The van der Waals surface area contributed by atoms with Crippen LogP contribution in [-0.2, 0) is 16.9 Å². The van der Waals surface area contributed by atoms with Gasteiger partial charge in [-0.2, -0.15) is 0 Å². The standard InChI is InChI=1S/C23H34SSi/c1-15-10-9-11-20(16(15)2)25-14-17-12-18(22(3,4)5)21(24)19(13-17)23(6,7)8/h9-13,24H,14,25H2,1-8H3. The molecule has 25 heavy (non-hydrogen) atoms. The predicted molar refractivity (Wildman–Crippen MR) is 119 cm³/mol. The first-order valence-corrected chi connectivity index (χ1v) is 11.5. The zero-order valence-corrected chi connectivity index (χ0v) is 19.6. The van der Waals surface area contributed by atoms with Gasteiger partial charge in [0.05, 0.1) is 9.52 Å². The van der Waals surface area contributed by atoms with E-state index in [1.54, 1.807) is 5.19 Å². The van der Waals surface area contributed by atoms with Crippen LogP contribution in [0.3, 0.4) is 0 Å². The van der Waals surface area contributed by atoms with Crippen molar-refractivity contribution in [1.82, 2.24) is 0 Å². The highest BCUT2D eigenvalue weighted by atomic mass is 32.1. The van der Waals surface area contributed by atoms with Crippen LogP contribution in [0, 0.1) is 13.8 Å². The van der Waals surface area contributed by atoms with E-state index in [0.29, 0.717) is 0 Å². The quantitative estimate of drug-likeness (QED) is 0.558. The van der Waals surface area contributed by atoms with Crippen LogP contribution in [0.4, 0.5) is 0 Å². The summed E-state index contributed by atoms with van der Waals surface area (Å²) < 4.78 is 0. The van der Waals surface area contributed by atoms with Gasteiger partial charge in [-0.15, -0.1) is 12.6 Å². The number of rotatable bonds is 3. The van der Waals surface area contributed by atoms with Crippen LogP contribution in [0.15, 0.2) is 35.2 Å². The molecule has 2 aromatic rings. The van der Waals surface area contributed by atoms with Gasteiger partial charge in [0.25, 0.3) is 0 Å². The second-order valence-electron chi connectivity index (χ2n) is 9.40. The van der Waals surface area contributed by atoms with Crippen molar-refractivity contribution < 1.29 is 0 Å². The molecule has 0 amide bonds. The monoisotopic (exact) mass is 370 g/mol. The molecule has 0 spiro atoms. The first-order chi connectivity index (χ1) is 11.4. The van der Waals surface area contributed by atoms with Gasteiger partial charge in [-0.05, 0) is 53.0 Å². The molecule has 0 radical (unpaired) electrons. The molecule has 2 aromatic carbocycles. The van der Waals surface area contributed by atoms with Gasteiger partial charge in [0.1, 0.15) is 0 Å². The lowest BCUT2D eigenvalue weighted by atomic mass is 9.79. The maximum atomic E-state index is 4.92. The van der Waals surface area contributed by atoms with Crippen molar-refractivity contribution in [1.29, 1.82) is 0 Å². The van der Waals surface area contributed by atoms with Gasteiger partial charge in [-0.25, -0.2) is 0 Å². The molecular weight excluding hydrogens is 336 g/mol.